The van der Waals surface area contributed by atoms with Gasteiger partial charge in [0.2, 0.25) is 0 Å². The fourth-order valence-electron chi connectivity index (χ4n) is 2.86. The van der Waals surface area contributed by atoms with E-state index >= 15 is 0 Å². The summed E-state index contributed by atoms with van der Waals surface area (Å²) in [6.07, 6.45) is 6.41. The Morgan fingerprint density at radius 1 is 1.11 bits per heavy atom. The van der Waals surface area contributed by atoms with Crippen LogP contribution in [0.2, 0.25) is 0 Å². The topological polar surface area (TPSA) is 34.1 Å². The highest BCUT2D eigenvalue weighted by Gasteiger charge is 2.56. The third-order valence-corrected chi connectivity index (χ3v) is 4.21. The number of para-hydroxylation sites is 1. The number of ether oxygens (including phenoxy) is 1. The van der Waals surface area contributed by atoms with Crippen molar-refractivity contribution in [2.45, 2.75) is 18.9 Å². The summed E-state index contributed by atoms with van der Waals surface area (Å²) in [5.41, 5.74) is 1.78. The SMILES string of the molecule is c1ccc(Oc2cncc(C3NCC34CC4)c2)cc1. The Hall–Kier alpha value is -1.87. The molecule has 2 aromatic rings. The zero-order valence-electron chi connectivity index (χ0n) is 10.7. The number of hydrogen-bond donors (Lipinski definition) is 1. The van der Waals surface area contributed by atoms with Crippen LogP contribution in [0.25, 0.3) is 0 Å². The molecular weight excluding hydrogens is 236 g/mol. The van der Waals surface area contributed by atoms with Crippen LogP contribution >= 0.6 is 0 Å². The summed E-state index contributed by atoms with van der Waals surface area (Å²) >= 11 is 0. The molecule has 3 heteroatoms. The van der Waals surface area contributed by atoms with Crippen molar-refractivity contribution in [1.82, 2.24) is 10.3 Å². The van der Waals surface area contributed by atoms with Crippen LogP contribution < -0.4 is 10.1 Å². The molecule has 0 bridgehead atoms. The number of aromatic nitrogens is 1. The average Bonchev–Trinajstić information content (AvgIpc) is 3.21. The molecule has 2 aliphatic rings. The molecule has 0 radical (unpaired) electrons. The zero-order valence-corrected chi connectivity index (χ0v) is 10.7. The third kappa shape index (κ3) is 1.90. The molecule has 1 atom stereocenters. The Bertz CT molecular complexity index is 593. The van der Waals surface area contributed by atoms with Gasteiger partial charge in [-0.15, -0.1) is 0 Å². The first-order valence-corrected chi connectivity index (χ1v) is 6.77. The number of pyridine rings is 1. The van der Waals surface area contributed by atoms with Gasteiger partial charge in [0.25, 0.3) is 0 Å². The second-order valence-electron chi connectivity index (χ2n) is 5.55. The number of rotatable bonds is 3. The number of hydrogen-bond acceptors (Lipinski definition) is 3. The summed E-state index contributed by atoms with van der Waals surface area (Å²) in [6, 6.07) is 12.4. The molecule has 0 amide bonds. The van der Waals surface area contributed by atoms with Crippen LogP contribution in [0.4, 0.5) is 0 Å². The van der Waals surface area contributed by atoms with Crippen LogP contribution in [0, 0.1) is 5.41 Å². The normalized spacial score (nSPS) is 22.8. The molecule has 1 spiro atoms. The largest absolute Gasteiger partial charge is 0.456 e. The van der Waals surface area contributed by atoms with Gasteiger partial charge in [0.1, 0.15) is 11.5 Å². The van der Waals surface area contributed by atoms with Crippen LogP contribution in [-0.2, 0) is 0 Å². The van der Waals surface area contributed by atoms with Crippen LogP contribution in [0.5, 0.6) is 11.5 Å². The van der Waals surface area contributed by atoms with Crippen molar-refractivity contribution in [3.8, 4) is 11.5 Å². The molecule has 3 nitrogen and oxygen atoms in total. The Kier molecular flexibility index (Phi) is 2.35. The summed E-state index contributed by atoms with van der Waals surface area (Å²) in [5, 5.41) is 3.51. The Morgan fingerprint density at radius 3 is 2.63 bits per heavy atom. The summed E-state index contributed by atoms with van der Waals surface area (Å²) in [6.45, 7) is 1.15. The van der Waals surface area contributed by atoms with E-state index < -0.39 is 0 Å². The molecule has 19 heavy (non-hydrogen) atoms. The van der Waals surface area contributed by atoms with Crippen molar-refractivity contribution in [2.75, 3.05) is 6.54 Å². The van der Waals surface area contributed by atoms with Crippen molar-refractivity contribution in [1.29, 1.82) is 0 Å². The van der Waals surface area contributed by atoms with Crippen LogP contribution in [0.1, 0.15) is 24.4 Å². The highest BCUT2D eigenvalue weighted by atomic mass is 16.5. The molecular formula is C16H16N2O. The van der Waals surface area contributed by atoms with Gasteiger partial charge >= 0.3 is 0 Å². The van der Waals surface area contributed by atoms with Gasteiger partial charge in [-0.25, -0.2) is 0 Å². The fourth-order valence-corrected chi connectivity index (χ4v) is 2.86. The molecule has 2 fully saturated rings. The monoisotopic (exact) mass is 252 g/mol. The quantitative estimate of drug-likeness (QED) is 0.910. The predicted molar refractivity (Wildman–Crippen MR) is 73.2 cm³/mol. The van der Waals surface area contributed by atoms with Crippen molar-refractivity contribution < 1.29 is 4.74 Å². The lowest BCUT2D eigenvalue weighted by atomic mass is 9.83. The van der Waals surface area contributed by atoms with E-state index in [1.807, 2.05) is 36.5 Å². The molecule has 1 unspecified atom stereocenters. The van der Waals surface area contributed by atoms with E-state index in [9.17, 15) is 0 Å². The predicted octanol–water partition coefficient (Wildman–Crippen LogP) is 3.30. The summed E-state index contributed by atoms with van der Waals surface area (Å²) in [4.78, 5) is 4.31. The van der Waals surface area contributed by atoms with Gasteiger partial charge in [0.15, 0.2) is 0 Å². The van der Waals surface area contributed by atoms with Gasteiger partial charge in [-0.05, 0) is 36.6 Å². The lowest BCUT2D eigenvalue weighted by Gasteiger charge is -2.39. The minimum Gasteiger partial charge on any atom is -0.456 e. The highest BCUT2D eigenvalue weighted by Crippen LogP contribution is 2.59. The van der Waals surface area contributed by atoms with Crippen molar-refractivity contribution in [3.63, 3.8) is 0 Å². The summed E-state index contributed by atoms with van der Waals surface area (Å²) in [7, 11) is 0. The van der Waals surface area contributed by atoms with E-state index in [-0.39, 0.29) is 0 Å². The summed E-state index contributed by atoms with van der Waals surface area (Å²) < 4.78 is 5.84. The van der Waals surface area contributed by atoms with E-state index in [2.05, 4.69) is 16.4 Å². The molecule has 1 aliphatic carbocycles. The molecule has 96 valence electrons. The maximum absolute atomic E-state index is 5.84. The average molecular weight is 252 g/mol. The molecule has 1 aliphatic heterocycles. The molecule has 1 saturated heterocycles. The first kappa shape index (κ1) is 11.0. The lowest BCUT2D eigenvalue weighted by Crippen LogP contribution is -2.47. The molecule has 1 aromatic carbocycles. The van der Waals surface area contributed by atoms with E-state index in [0.717, 1.165) is 18.0 Å². The maximum Gasteiger partial charge on any atom is 0.146 e. The van der Waals surface area contributed by atoms with Gasteiger partial charge in [-0.2, -0.15) is 0 Å². The second kappa shape index (κ2) is 4.07. The molecule has 2 heterocycles. The van der Waals surface area contributed by atoms with Crippen molar-refractivity contribution in [3.05, 3.63) is 54.4 Å². The molecule has 1 saturated carbocycles. The first-order valence-electron chi connectivity index (χ1n) is 6.77. The number of benzene rings is 1. The van der Waals surface area contributed by atoms with Crippen LogP contribution in [0.15, 0.2) is 48.8 Å². The smallest absolute Gasteiger partial charge is 0.146 e. The molecule has 1 N–H and O–H groups in total. The standard InChI is InChI=1S/C16H16N2O/c1-2-4-13(5-3-1)19-14-8-12(9-17-10-14)15-16(6-7-16)11-18-15/h1-5,8-10,15,18H,6-7,11H2. The van der Waals surface area contributed by atoms with Gasteiger partial charge in [-0.3, -0.25) is 4.98 Å². The second-order valence-corrected chi connectivity index (χ2v) is 5.55. The van der Waals surface area contributed by atoms with Crippen LogP contribution in [0.3, 0.4) is 0 Å². The van der Waals surface area contributed by atoms with Crippen LogP contribution in [-0.4, -0.2) is 11.5 Å². The van der Waals surface area contributed by atoms with E-state index in [1.165, 1.54) is 18.4 Å². The molecule has 4 rings (SSSR count). The van der Waals surface area contributed by atoms with Gasteiger partial charge in [-0.1, -0.05) is 18.2 Å². The van der Waals surface area contributed by atoms with E-state index in [4.69, 9.17) is 4.74 Å². The minimum absolute atomic E-state index is 0.472. The van der Waals surface area contributed by atoms with E-state index in [0.29, 0.717) is 11.5 Å². The summed E-state index contributed by atoms with van der Waals surface area (Å²) in [5.74, 6) is 1.66. The maximum atomic E-state index is 5.84. The lowest BCUT2D eigenvalue weighted by molar-refractivity contribution is 0.208. The minimum atomic E-state index is 0.472. The van der Waals surface area contributed by atoms with Gasteiger partial charge in [0, 0.05) is 24.2 Å². The zero-order chi connectivity index (χ0) is 12.7. The van der Waals surface area contributed by atoms with Gasteiger partial charge < -0.3 is 10.1 Å². The van der Waals surface area contributed by atoms with Crippen molar-refractivity contribution in [2.24, 2.45) is 5.41 Å². The van der Waals surface area contributed by atoms with E-state index in [1.54, 1.807) is 6.20 Å². The Labute approximate surface area is 112 Å². The first-order chi connectivity index (χ1) is 9.36. The van der Waals surface area contributed by atoms with Crippen molar-refractivity contribution >= 4 is 0 Å². The highest BCUT2D eigenvalue weighted by molar-refractivity contribution is 5.35. The Balaban J connectivity index is 1.57. The number of nitrogens with zero attached hydrogens (tertiary/aromatic N) is 1. The third-order valence-electron chi connectivity index (χ3n) is 4.21. The number of nitrogens with one attached hydrogen (secondary N) is 1. The fraction of sp³-hybridized carbons (Fsp3) is 0.312. The Morgan fingerprint density at radius 2 is 1.95 bits per heavy atom. The molecule has 1 aromatic heterocycles. The van der Waals surface area contributed by atoms with Gasteiger partial charge in [0.05, 0.1) is 6.20 Å².